The molecule has 0 saturated heterocycles. The molecule has 0 heterocycles. The first-order valence-corrected chi connectivity index (χ1v) is 9.54. The van der Waals surface area contributed by atoms with E-state index in [1.165, 1.54) is 5.56 Å². The van der Waals surface area contributed by atoms with Crippen LogP contribution in [0, 0.1) is 19.8 Å². The van der Waals surface area contributed by atoms with E-state index in [2.05, 4.69) is 23.8 Å². The van der Waals surface area contributed by atoms with E-state index in [0.717, 1.165) is 34.8 Å². The summed E-state index contributed by atoms with van der Waals surface area (Å²) >= 11 is 0. The number of rotatable bonds is 6. The van der Waals surface area contributed by atoms with Crippen molar-refractivity contribution in [1.82, 2.24) is 0 Å². The predicted molar refractivity (Wildman–Crippen MR) is 119 cm³/mol. The van der Waals surface area contributed by atoms with Crippen LogP contribution in [0.25, 0.3) is 0 Å². The lowest BCUT2D eigenvalue weighted by Gasteiger charge is -2.05. The minimum atomic E-state index is -0.437. The first-order valence-electron chi connectivity index (χ1n) is 9.54. The van der Waals surface area contributed by atoms with Crippen molar-refractivity contribution in [2.75, 3.05) is 26.1 Å². The largest absolute Gasteiger partial charge is 0.491 e. The zero-order valence-corrected chi connectivity index (χ0v) is 17.6. The van der Waals surface area contributed by atoms with Crippen molar-refractivity contribution in [3.8, 4) is 5.75 Å². The van der Waals surface area contributed by atoms with Crippen LogP contribution in [-0.4, -0.2) is 32.4 Å². The number of hydrogen-bond acceptors (Lipinski definition) is 3. The fraction of sp³-hybridized carbons (Fsp3) is 0.391. The van der Waals surface area contributed by atoms with Gasteiger partial charge in [0.15, 0.2) is 5.84 Å². The normalized spacial score (nSPS) is 12.4. The molecule has 5 heteroatoms. The number of nitrogens with zero attached hydrogens (tertiary/aromatic N) is 2. The number of aliphatic imine (C=N–C) groups is 2. The Morgan fingerprint density at radius 3 is 2.39 bits per heavy atom. The molecule has 0 bridgehead atoms. The summed E-state index contributed by atoms with van der Waals surface area (Å²) in [4.78, 5) is 8.65. The fourth-order valence-corrected chi connectivity index (χ4v) is 2.17. The van der Waals surface area contributed by atoms with Gasteiger partial charge in [-0.2, -0.15) is 0 Å². The highest BCUT2D eigenvalue weighted by Gasteiger charge is 2.03. The second-order valence-corrected chi connectivity index (χ2v) is 6.63. The maximum atomic E-state index is 11.6. The highest BCUT2D eigenvalue weighted by Crippen LogP contribution is 2.14. The third-order valence-corrected chi connectivity index (χ3v) is 4.20. The zero-order valence-electron chi connectivity index (χ0n) is 17.6. The van der Waals surface area contributed by atoms with E-state index in [-0.39, 0.29) is 6.61 Å². The van der Waals surface area contributed by atoms with E-state index < -0.39 is 6.67 Å². The van der Waals surface area contributed by atoms with Gasteiger partial charge in [-0.1, -0.05) is 31.5 Å². The average molecular weight is 386 g/mol. The topological polar surface area (TPSA) is 60.0 Å². The van der Waals surface area contributed by atoms with Gasteiger partial charge in [0.2, 0.25) is 0 Å². The van der Waals surface area contributed by atoms with Crippen LogP contribution in [0.5, 0.6) is 5.75 Å². The molecular formula is C23H32FN3O. The molecule has 0 amide bonds. The molecule has 0 saturated carbocycles. The van der Waals surface area contributed by atoms with Gasteiger partial charge in [-0.05, 0) is 62.1 Å². The Kier molecular flexibility index (Phi) is 10.6. The maximum Gasteiger partial charge on any atom is 0.153 e. The SMILES string of the molecule is CCC(C)C=NC(=NC)c1ccc(N)c(C)c1.Cc1ccc(OCCF)cc1. The van der Waals surface area contributed by atoms with Crippen LogP contribution >= 0.6 is 0 Å². The average Bonchev–Trinajstić information content (AvgIpc) is 2.70. The molecule has 0 spiro atoms. The molecule has 152 valence electrons. The van der Waals surface area contributed by atoms with Crippen LogP contribution in [0.15, 0.2) is 52.4 Å². The standard InChI is InChI=1S/C14H21N3.C9H11FO/c1-5-10(2)9-17-14(16-4)12-6-7-13(15)11(3)8-12;1-8-2-4-9(5-3-8)11-7-6-10/h6-10H,5,15H2,1-4H3;2-5H,6-7H2,1H3. The molecule has 1 unspecified atom stereocenters. The molecule has 0 radical (unpaired) electrons. The number of benzene rings is 2. The molecule has 0 aliphatic heterocycles. The number of anilines is 1. The minimum Gasteiger partial charge on any atom is -0.491 e. The van der Waals surface area contributed by atoms with E-state index >= 15 is 0 Å². The summed E-state index contributed by atoms with van der Waals surface area (Å²) in [5, 5.41) is 0. The third-order valence-electron chi connectivity index (χ3n) is 4.20. The lowest BCUT2D eigenvalue weighted by molar-refractivity contribution is 0.273. The number of hydrogen-bond donors (Lipinski definition) is 1. The van der Waals surface area contributed by atoms with Crippen molar-refractivity contribution < 1.29 is 9.13 Å². The lowest BCUT2D eigenvalue weighted by atomic mass is 10.1. The molecule has 2 aromatic carbocycles. The fourth-order valence-electron chi connectivity index (χ4n) is 2.17. The third kappa shape index (κ3) is 8.33. The second kappa shape index (κ2) is 12.7. The molecule has 2 rings (SSSR count). The van der Waals surface area contributed by atoms with Gasteiger partial charge in [0.25, 0.3) is 0 Å². The zero-order chi connectivity index (χ0) is 20.9. The Labute approximate surface area is 168 Å². The van der Waals surface area contributed by atoms with Gasteiger partial charge in [-0.15, -0.1) is 0 Å². The van der Waals surface area contributed by atoms with E-state index in [1.807, 2.05) is 62.5 Å². The smallest absolute Gasteiger partial charge is 0.153 e. The van der Waals surface area contributed by atoms with Gasteiger partial charge in [0, 0.05) is 24.5 Å². The molecule has 0 fully saturated rings. The summed E-state index contributed by atoms with van der Waals surface area (Å²) in [6, 6.07) is 13.4. The summed E-state index contributed by atoms with van der Waals surface area (Å²) in [5.41, 5.74) is 9.85. The van der Waals surface area contributed by atoms with Gasteiger partial charge in [-0.3, -0.25) is 4.99 Å². The van der Waals surface area contributed by atoms with Gasteiger partial charge in [0.1, 0.15) is 19.0 Å². The van der Waals surface area contributed by atoms with Crippen molar-refractivity contribution in [3.63, 3.8) is 0 Å². The highest BCUT2D eigenvalue weighted by atomic mass is 19.1. The molecule has 2 N–H and O–H groups in total. The first-order chi connectivity index (χ1) is 13.4. The number of nitrogens with two attached hydrogens (primary N) is 1. The van der Waals surface area contributed by atoms with Crippen molar-refractivity contribution in [1.29, 1.82) is 0 Å². The van der Waals surface area contributed by atoms with Crippen LogP contribution in [0.4, 0.5) is 10.1 Å². The molecule has 2 aromatic rings. The van der Waals surface area contributed by atoms with Gasteiger partial charge < -0.3 is 10.5 Å². The summed E-state index contributed by atoms with van der Waals surface area (Å²) in [6.07, 6.45) is 3.04. The molecule has 0 aliphatic rings. The molecule has 28 heavy (non-hydrogen) atoms. The van der Waals surface area contributed by atoms with Gasteiger partial charge >= 0.3 is 0 Å². The Hall–Kier alpha value is -2.69. The van der Waals surface area contributed by atoms with Crippen molar-refractivity contribution in [3.05, 3.63) is 59.2 Å². The number of halogens is 1. The van der Waals surface area contributed by atoms with Crippen molar-refractivity contribution in [2.45, 2.75) is 34.1 Å². The van der Waals surface area contributed by atoms with Crippen molar-refractivity contribution >= 4 is 17.7 Å². The van der Waals surface area contributed by atoms with Gasteiger partial charge in [0.05, 0.1) is 0 Å². The quantitative estimate of drug-likeness (QED) is 0.410. The minimum absolute atomic E-state index is 0.142. The van der Waals surface area contributed by atoms with E-state index in [1.54, 1.807) is 7.05 Å². The van der Waals surface area contributed by atoms with Crippen LogP contribution < -0.4 is 10.5 Å². The number of alkyl halides is 1. The summed E-state index contributed by atoms with van der Waals surface area (Å²) < 4.78 is 16.7. The van der Waals surface area contributed by atoms with Crippen LogP contribution in [-0.2, 0) is 0 Å². The molecule has 0 aromatic heterocycles. The Morgan fingerprint density at radius 2 is 1.86 bits per heavy atom. The second-order valence-electron chi connectivity index (χ2n) is 6.63. The van der Waals surface area contributed by atoms with Crippen LogP contribution in [0.2, 0.25) is 0 Å². The van der Waals surface area contributed by atoms with Crippen LogP contribution in [0.1, 0.15) is 37.0 Å². The molecular weight excluding hydrogens is 353 g/mol. The van der Waals surface area contributed by atoms with Crippen LogP contribution in [0.3, 0.4) is 0 Å². The first kappa shape index (κ1) is 23.3. The number of ether oxygens (including phenoxy) is 1. The summed E-state index contributed by atoms with van der Waals surface area (Å²) in [7, 11) is 1.76. The number of aryl methyl sites for hydroxylation is 2. The Morgan fingerprint density at radius 1 is 1.18 bits per heavy atom. The molecule has 1 atom stereocenters. The number of nitrogen functional groups attached to an aromatic ring is 1. The Bertz CT molecular complexity index is 770. The lowest BCUT2D eigenvalue weighted by Crippen LogP contribution is -2.02. The summed E-state index contributed by atoms with van der Waals surface area (Å²) in [5.74, 6) is 1.96. The van der Waals surface area contributed by atoms with Crippen molar-refractivity contribution in [2.24, 2.45) is 15.9 Å². The predicted octanol–water partition coefficient (Wildman–Crippen LogP) is 5.41. The molecule has 4 nitrogen and oxygen atoms in total. The Balaban J connectivity index is 0.000000307. The summed E-state index contributed by atoms with van der Waals surface area (Å²) in [6.45, 7) is 7.98. The maximum absolute atomic E-state index is 11.6. The monoisotopic (exact) mass is 385 g/mol. The molecule has 0 aliphatic carbocycles. The van der Waals surface area contributed by atoms with E-state index in [0.29, 0.717) is 5.92 Å². The highest BCUT2D eigenvalue weighted by molar-refractivity contribution is 6.03. The number of amidine groups is 1. The van der Waals surface area contributed by atoms with E-state index in [4.69, 9.17) is 10.5 Å². The van der Waals surface area contributed by atoms with E-state index in [9.17, 15) is 4.39 Å². The van der Waals surface area contributed by atoms with Gasteiger partial charge in [-0.25, -0.2) is 9.38 Å².